The molecule has 0 N–H and O–H groups in total. The lowest BCUT2D eigenvalue weighted by Gasteiger charge is -2.30. The second-order valence-corrected chi connectivity index (χ2v) is 9.60. The van der Waals surface area contributed by atoms with Gasteiger partial charge in [0.05, 0.1) is 0 Å². The van der Waals surface area contributed by atoms with Crippen LogP contribution in [0, 0.1) is 13.8 Å². The van der Waals surface area contributed by atoms with Gasteiger partial charge in [-0.05, 0) is 80.6 Å². The Morgan fingerprint density at radius 3 is 1.11 bits per heavy atom. The van der Waals surface area contributed by atoms with Crippen LogP contribution in [0.3, 0.4) is 0 Å². The minimum atomic E-state index is 1.02. The van der Waals surface area contributed by atoms with Gasteiger partial charge in [0.15, 0.2) is 0 Å². The van der Waals surface area contributed by atoms with Crippen LogP contribution < -0.4 is 9.80 Å². The molecule has 0 atom stereocenters. The highest BCUT2D eigenvalue weighted by Gasteiger charge is 2.18. The van der Waals surface area contributed by atoms with Crippen molar-refractivity contribution in [1.29, 1.82) is 0 Å². The first-order valence-electron chi connectivity index (χ1n) is 11.7. The number of nitrogens with zero attached hydrogens (tertiary/aromatic N) is 2. The normalized spacial score (nSPS) is 10.7. The lowest BCUT2D eigenvalue weighted by molar-refractivity contribution is 1.24. The van der Waals surface area contributed by atoms with E-state index in [4.69, 9.17) is 0 Å². The van der Waals surface area contributed by atoms with Gasteiger partial charge in [0.25, 0.3) is 0 Å². The maximum absolute atomic E-state index is 3.81. The summed E-state index contributed by atoms with van der Waals surface area (Å²) in [5.41, 5.74) is 9.11. The quantitative estimate of drug-likeness (QED) is 0.220. The van der Waals surface area contributed by atoms with Crippen LogP contribution in [-0.4, -0.2) is 0 Å². The highest BCUT2D eigenvalue weighted by molar-refractivity contribution is 9.10. The Balaban J connectivity index is 1.69. The minimum Gasteiger partial charge on any atom is -0.310 e. The molecule has 0 aromatic heterocycles. The number of anilines is 6. The number of aryl methyl sites for hydroxylation is 2. The molecule has 0 fully saturated rings. The van der Waals surface area contributed by atoms with E-state index in [9.17, 15) is 0 Å². The molecule has 0 bridgehead atoms. The van der Waals surface area contributed by atoms with Crippen LogP contribution in [0.5, 0.6) is 0 Å². The largest absolute Gasteiger partial charge is 0.310 e. The first kappa shape index (κ1) is 22.9. The van der Waals surface area contributed by atoms with Crippen molar-refractivity contribution in [2.45, 2.75) is 13.8 Å². The first-order valence-corrected chi connectivity index (χ1v) is 12.5. The van der Waals surface area contributed by atoms with Gasteiger partial charge < -0.3 is 9.80 Å². The summed E-state index contributed by atoms with van der Waals surface area (Å²) in [6.45, 7) is 4.24. The lowest BCUT2D eigenvalue weighted by Crippen LogP contribution is -2.13. The molecule has 172 valence electrons. The van der Waals surface area contributed by atoms with E-state index in [0.29, 0.717) is 0 Å². The van der Waals surface area contributed by atoms with Crippen LogP contribution in [0.4, 0.5) is 34.1 Å². The molecule has 0 amide bonds. The molecule has 0 aliphatic heterocycles. The summed E-state index contributed by atoms with van der Waals surface area (Å²) in [6, 6.07) is 45.0. The predicted molar refractivity (Wildman–Crippen MR) is 153 cm³/mol. The molecule has 0 heterocycles. The Bertz CT molecular complexity index is 1310. The van der Waals surface area contributed by atoms with Gasteiger partial charge in [-0.3, -0.25) is 0 Å². The maximum atomic E-state index is 3.81. The summed E-state index contributed by atoms with van der Waals surface area (Å²) in [5, 5.41) is 0. The van der Waals surface area contributed by atoms with Gasteiger partial charge in [-0.15, -0.1) is 0 Å². The summed E-state index contributed by atoms with van der Waals surface area (Å²) in [5.74, 6) is 0. The lowest BCUT2D eigenvalue weighted by atomic mass is 10.1. The molecule has 0 aliphatic carbocycles. The number of rotatable bonds is 6. The number of benzene rings is 5. The van der Waals surface area contributed by atoms with E-state index < -0.39 is 0 Å². The SMILES string of the molecule is Cc1ccc(N(c2ccc(C)cc2)c2cc(Br)cc(N(c3ccccc3)c3ccccc3)c2)cc1. The van der Waals surface area contributed by atoms with Crippen molar-refractivity contribution in [2.24, 2.45) is 0 Å². The van der Waals surface area contributed by atoms with Crippen molar-refractivity contribution in [3.63, 3.8) is 0 Å². The maximum Gasteiger partial charge on any atom is 0.0493 e. The van der Waals surface area contributed by atoms with E-state index in [2.05, 4.69) is 167 Å². The third kappa shape index (κ3) is 5.16. The van der Waals surface area contributed by atoms with Crippen LogP contribution in [0.1, 0.15) is 11.1 Å². The van der Waals surface area contributed by atoms with Crippen LogP contribution in [0.2, 0.25) is 0 Å². The molecule has 5 aromatic rings. The van der Waals surface area contributed by atoms with Gasteiger partial charge in [0, 0.05) is 38.6 Å². The van der Waals surface area contributed by atoms with E-state index >= 15 is 0 Å². The van der Waals surface area contributed by atoms with E-state index in [0.717, 1.165) is 38.6 Å². The molecular formula is C32H27BrN2. The van der Waals surface area contributed by atoms with Crippen LogP contribution >= 0.6 is 15.9 Å². The van der Waals surface area contributed by atoms with Crippen molar-refractivity contribution in [3.05, 3.63) is 143 Å². The van der Waals surface area contributed by atoms with E-state index in [1.807, 2.05) is 0 Å². The van der Waals surface area contributed by atoms with Gasteiger partial charge in [0.2, 0.25) is 0 Å². The zero-order chi connectivity index (χ0) is 24.2. The Labute approximate surface area is 216 Å². The summed E-state index contributed by atoms with van der Waals surface area (Å²) >= 11 is 3.81. The highest BCUT2D eigenvalue weighted by atomic mass is 79.9. The molecule has 5 aromatic carbocycles. The fraction of sp³-hybridized carbons (Fsp3) is 0.0625. The number of hydrogen-bond donors (Lipinski definition) is 0. The average molecular weight is 519 g/mol. The Hall–Kier alpha value is -3.82. The standard InChI is InChI=1S/C32H27BrN2/c1-24-13-17-29(18-14-24)35(30-19-15-25(2)16-20-30)32-22-26(33)21-31(23-32)34(27-9-5-3-6-10-27)28-11-7-4-8-12-28/h3-23H,1-2H3. The minimum absolute atomic E-state index is 1.02. The summed E-state index contributed by atoms with van der Waals surface area (Å²) in [4.78, 5) is 4.60. The molecule has 5 rings (SSSR count). The molecule has 2 nitrogen and oxygen atoms in total. The summed E-state index contributed by atoms with van der Waals surface area (Å²) < 4.78 is 1.02. The monoisotopic (exact) mass is 518 g/mol. The summed E-state index contributed by atoms with van der Waals surface area (Å²) in [7, 11) is 0. The van der Waals surface area contributed by atoms with Gasteiger partial charge in [0.1, 0.15) is 0 Å². The fourth-order valence-electron chi connectivity index (χ4n) is 4.25. The molecule has 0 spiro atoms. The van der Waals surface area contributed by atoms with Crippen LogP contribution in [0.25, 0.3) is 0 Å². The Kier molecular flexibility index (Phi) is 6.69. The summed E-state index contributed by atoms with van der Waals surface area (Å²) in [6.07, 6.45) is 0. The fourth-order valence-corrected chi connectivity index (χ4v) is 4.72. The van der Waals surface area contributed by atoms with Crippen molar-refractivity contribution >= 4 is 50.1 Å². The first-order chi connectivity index (χ1) is 17.1. The predicted octanol–water partition coefficient (Wildman–Crippen LogP) is 10.0. The van der Waals surface area contributed by atoms with Crippen molar-refractivity contribution in [2.75, 3.05) is 9.80 Å². The van der Waals surface area contributed by atoms with Gasteiger partial charge in [-0.1, -0.05) is 87.7 Å². The second-order valence-electron chi connectivity index (χ2n) is 8.68. The van der Waals surface area contributed by atoms with Crippen molar-refractivity contribution in [3.8, 4) is 0 Å². The third-order valence-electron chi connectivity index (χ3n) is 6.00. The zero-order valence-corrected chi connectivity index (χ0v) is 21.5. The molecule has 0 saturated heterocycles. The number of halogens is 1. The zero-order valence-electron chi connectivity index (χ0n) is 19.9. The molecule has 0 aliphatic rings. The number of para-hydroxylation sites is 2. The third-order valence-corrected chi connectivity index (χ3v) is 6.45. The smallest absolute Gasteiger partial charge is 0.0493 e. The highest BCUT2D eigenvalue weighted by Crippen LogP contribution is 2.42. The van der Waals surface area contributed by atoms with Crippen LogP contribution in [-0.2, 0) is 0 Å². The molecule has 0 saturated carbocycles. The molecular weight excluding hydrogens is 492 g/mol. The molecule has 0 unspecified atom stereocenters. The Morgan fingerprint density at radius 1 is 0.400 bits per heavy atom. The second kappa shape index (κ2) is 10.2. The van der Waals surface area contributed by atoms with E-state index in [-0.39, 0.29) is 0 Å². The van der Waals surface area contributed by atoms with Crippen LogP contribution in [0.15, 0.2) is 132 Å². The van der Waals surface area contributed by atoms with Crippen molar-refractivity contribution in [1.82, 2.24) is 0 Å². The van der Waals surface area contributed by atoms with Gasteiger partial charge >= 0.3 is 0 Å². The topological polar surface area (TPSA) is 6.48 Å². The van der Waals surface area contributed by atoms with Crippen molar-refractivity contribution < 1.29 is 0 Å². The average Bonchev–Trinajstić information content (AvgIpc) is 2.88. The van der Waals surface area contributed by atoms with Gasteiger partial charge in [-0.25, -0.2) is 0 Å². The van der Waals surface area contributed by atoms with Gasteiger partial charge in [-0.2, -0.15) is 0 Å². The Morgan fingerprint density at radius 2 is 0.743 bits per heavy atom. The van der Waals surface area contributed by atoms with E-state index in [1.165, 1.54) is 11.1 Å². The molecule has 35 heavy (non-hydrogen) atoms. The van der Waals surface area contributed by atoms with E-state index in [1.54, 1.807) is 0 Å². The number of hydrogen-bond acceptors (Lipinski definition) is 2. The molecule has 0 radical (unpaired) electrons. The molecule has 3 heteroatoms.